The van der Waals surface area contributed by atoms with Gasteiger partial charge in [0.1, 0.15) is 0 Å². The van der Waals surface area contributed by atoms with Crippen molar-refractivity contribution in [2.24, 2.45) is 11.8 Å². The molecule has 0 saturated heterocycles. The molecule has 3 aromatic heterocycles. The number of hydrogen-bond donors (Lipinski definition) is 2. The molecule has 2 atom stereocenters. The van der Waals surface area contributed by atoms with Gasteiger partial charge in [-0.3, -0.25) is 19.2 Å². The van der Waals surface area contributed by atoms with Crippen molar-refractivity contribution in [2.75, 3.05) is 27.4 Å². The van der Waals surface area contributed by atoms with Gasteiger partial charge in [-0.2, -0.15) is 0 Å². The van der Waals surface area contributed by atoms with Crippen LogP contribution < -0.4 is 18.9 Å². The molecule has 0 spiro atoms. The summed E-state index contributed by atoms with van der Waals surface area (Å²) in [5.41, 5.74) is 0.515. The summed E-state index contributed by atoms with van der Waals surface area (Å²) < 4.78 is 38.8. The fourth-order valence-electron chi connectivity index (χ4n) is 4.19. The van der Waals surface area contributed by atoms with Crippen LogP contribution in [-0.2, 0) is 9.59 Å². The van der Waals surface area contributed by atoms with Gasteiger partial charge in [0.05, 0.1) is 59.2 Å². The van der Waals surface area contributed by atoms with Crippen LogP contribution >= 0.6 is 22.7 Å². The maximum Gasteiger partial charge on any atom is 0.306 e. The Morgan fingerprint density at radius 2 is 1.39 bits per heavy atom. The number of rotatable bonds is 16. The van der Waals surface area contributed by atoms with E-state index < -0.39 is 29.6 Å². The first kappa shape index (κ1) is 32.6. The summed E-state index contributed by atoms with van der Waals surface area (Å²) in [7, 11) is 2.80. The number of pyridine rings is 1. The molecule has 2 N–H and O–H groups in total. The molecule has 0 bridgehead atoms. The minimum atomic E-state index is -1.08. The number of aliphatic carboxylic acids is 2. The molecule has 4 aromatic rings. The minimum Gasteiger partial charge on any atom is -0.493 e. The molecule has 0 radical (unpaired) electrons. The number of nitrogens with zero attached hydrogens (tertiary/aromatic N) is 1. The van der Waals surface area contributed by atoms with Crippen LogP contribution in [0.1, 0.15) is 52.5 Å². The summed E-state index contributed by atoms with van der Waals surface area (Å²) in [4.78, 5) is 52.4. The van der Waals surface area contributed by atoms with E-state index in [1.165, 1.54) is 45.5 Å². The highest BCUT2D eigenvalue weighted by atomic mass is 32.1. The summed E-state index contributed by atoms with van der Waals surface area (Å²) in [5.74, 6) is -4.62. The molecule has 0 aliphatic rings. The number of carboxylic acids is 2. The number of hydrogen-bond acceptors (Lipinski definition) is 11. The number of carboxylic acid groups (broad SMARTS) is 2. The van der Waals surface area contributed by atoms with Crippen molar-refractivity contribution in [1.29, 1.82) is 0 Å². The molecular formula is C30H30FNO10S2. The molecule has 14 heteroatoms. The predicted molar refractivity (Wildman–Crippen MR) is 162 cm³/mol. The molecule has 0 amide bonds. The smallest absolute Gasteiger partial charge is 0.306 e. The predicted octanol–water partition coefficient (Wildman–Crippen LogP) is 6.10. The largest absolute Gasteiger partial charge is 0.493 e. The normalized spacial score (nSPS) is 12.6. The standard InChI is InChI=1S/C30H30FNO10S2/c1-14(29(35)36)8-18(33)24-10-16-22(43-24)12-20(39-3)27(26(16)31)42-7-5-6-41-21-13-23-17(32-28(21)40-4)11-25(44-23)19(34)9-15(2)30(37)38/h10-15H,5-9H2,1-4H3,(H,35,36)(H,37,38)/t14-,15-/m0/s1. The van der Waals surface area contributed by atoms with Crippen LogP contribution in [0.5, 0.6) is 23.1 Å². The molecule has 11 nitrogen and oxygen atoms in total. The van der Waals surface area contributed by atoms with E-state index in [9.17, 15) is 19.2 Å². The van der Waals surface area contributed by atoms with Crippen LogP contribution in [0, 0.1) is 17.7 Å². The summed E-state index contributed by atoms with van der Waals surface area (Å²) in [6, 6.07) is 6.25. The van der Waals surface area contributed by atoms with Gasteiger partial charge in [-0.05, 0) is 12.1 Å². The van der Waals surface area contributed by atoms with Gasteiger partial charge in [0, 0.05) is 41.5 Å². The van der Waals surface area contributed by atoms with Crippen molar-refractivity contribution in [3.8, 4) is 23.1 Å². The van der Waals surface area contributed by atoms with Crippen molar-refractivity contribution >= 4 is 66.5 Å². The van der Waals surface area contributed by atoms with Gasteiger partial charge in [-0.25, -0.2) is 9.37 Å². The second-order valence-corrected chi connectivity index (χ2v) is 12.2. The lowest BCUT2D eigenvalue weighted by atomic mass is 10.0. The van der Waals surface area contributed by atoms with Gasteiger partial charge in [0.25, 0.3) is 5.88 Å². The Morgan fingerprint density at radius 3 is 1.98 bits per heavy atom. The molecule has 44 heavy (non-hydrogen) atoms. The molecule has 0 saturated carbocycles. The van der Waals surface area contributed by atoms with Crippen LogP contribution in [-0.4, -0.2) is 66.1 Å². The van der Waals surface area contributed by atoms with Gasteiger partial charge in [-0.1, -0.05) is 13.8 Å². The number of ether oxygens (including phenoxy) is 4. The zero-order chi connectivity index (χ0) is 32.1. The Labute approximate surface area is 259 Å². The number of aromatic nitrogens is 1. The number of carbonyl (C=O) groups is 4. The van der Waals surface area contributed by atoms with Crippen LogP contribution in [0.3, 0.4) is 0 Å². The Hall–Kier alpha value is -4.30. The quantitative estimate of drug-likeness (QED) is 0.107. The average Bonchev–Trinajstić information content (AvgIpc) is 3.61. The molecular weight excluding hydrogens is 617 g/mol. The van der Waals surface area contributed by atoms with E-state index in [-0.39, 0.29) is 65.3 Å². The second-order valence-electron chi connectivity index (χ2n) is 10.0. The number of halogens is 1. The number of fused-ring (bicyclic) bond motifs is 2. The number of thiophene rings is 2. The van der Waals surface area contributed by atoms with Crippen molar-refractivity contribution in [3.05, 3.63) is 39.8 Å². The lowest BCUT2D eigenvalue weighted by molar-refractivity contribution is -0.141. The van der Waals surface area contributed by atoms with E-state index >= 15 is 4.39 Å². The summed E-state index contributed by atoms with van der Waals surface area (Å²) in [6.45, 7) is 3.12. The molecule has 3 heterocycles. The fourth-order valence-corrected chi connectivity index (χ4v) is 6.20. The third-order valence-electron chi connectivity index (χ3n) is 6.70. The van der Waals surface area contributed by atoms with E-state index in [0.717, 1.165) is 11.3 Å². The monoisotopic (exact) mass is 647 g/mol. The van der Waals surface area contributed by atoms with E-state index in [2.05, 4.69) is 4.98 Å². The first-order chi connectivity index (χ1) is 20.9. The number of benzene rings is 1. The number of carbonyl (C=O) groups excluding carboxylic acids is 2. The lowest BCUT2D eigenvalue weighted by Crippen LogP contribution is -2.13. The van der Waals surface area contributed by atoms with Crippen molar-refractivity contribution in [3.63, 3.8) is 0 Å². The van der Waals surface area contributed by atoms with E-state index in [4.69, 9.17) is 29.2 Å². The number of methoxy groups -OCH3 is 2. The maximum absolute atomic E-state index is 15.5. The molecule has 1 aromatic carbocycles. The van der Waals surface area contributed by atoms with Crippen LogP contribution in [0.2, 0.25) is 0 Å². The third kappa shape index (κ3) is 7.25. The second kappa shape index (κ2) is 14.0. The summed E-state index contributed by atoms with van der Waals surface area (Å²) in [6.07, 6.45) is 0.0115. The Morgan fingerprint density at radius 1 is 0.818 bits per heavy atom. The first-order valence-corrected chi connectivity index (χ1v) is 15.1. The molecule has 4 rings (SSSR count). The molecule has 234 valence electrons. The Bertz CT molecular complexity index is 1730. The van der Waals surface area contributed by atoms with Crippen LogP contribution in [0.4, 0.5) is 4.39 Å². The summed E-state index contributed by atoms with van der Waals surface area (Å²) >= 11 is 2.23. The molecule has 0 aliphatic carbocycles. The fraction of sp³-hybridized carbons (Fsp3) is 0.367. The van der Waals surface area contributed by atoms with Gasteiger partial charge >= 0.3 is 11.9 Å². The highest BCUT2D eigenvalue weighted by molar-refractivity contribution is 7.21. The topological polar surface area (TPSA) is 159 Å². The SMILES string of the molecule is COc1cc2sc(C(=O)C[C@H](C)C(=O)O)cc2c(F)c1OCCCOc1cc2sc(C(=O)C[C@H](C)C(=O)O)cc2nc1OC. The van der Waals surface area contributed by atoms with Gasteiger partial charge in [0.2, 0.25) is 0 Å². The highest BCUT2D eigenvalue weighted by Gasteiger charge is 2.23. The Balaban J connectivity index is 1.41. The lowest BCUT2D eigenvalue weighted by Gasteiger charge is -2.13. The van der Waals surface area contributed by atoms with E-state index in [1.54, 1.807) is 18.2 Å². The Kier molecular flexibility index (Phi) is 10.4. The zero-order valence-corrected chi connectivity index (χ0v) is 25.9. The van der Waals surface area contributed by atoms with Gasteiger partial charge < -0.3 is 29.2 Å². The van der Waals surface area contributed by atoms with Crippen LogP contribution in [0.15, 0.2) is 24.3 Å². The third-order valence-corrected chi connectivity index (χ3v) is 8.94. The van der Waals surface area contributed by atoms with Crippen molar-refractivity contribution in [1.82, 2.24) is 4.98 Å². The zero-order valence-electron chi connectivity index (χ0n) is 24.3. The van der Waals surface area contributed by atoms with E-state index in [0.29, 0.717) is 32.0 Å². The highest BCUT2D eigenvalue weighted by Crippen LogP contribution is 2.40. The molecule has 0 aliphatic heterocycles. The van der Waals surface area contributed by atoms with Crippen LogP contribution in [0.25, 0.3) is 20.3 Å². The first-order valence-electron chi connectivity index (χ1n) is 13.5. The van der Waals surface area contributed by atoms with E-state index in [1.807, 2.05) is 0 Å². The number of Topliss-reactive ketones (excluding diaryl/α,β-unsaturated/α-hetero) is 2. The van der Waals surface area contributed by atoms with Gasteiger partial charge in [0.15, 0.2) is 34.6 Å². The summed E-state index contributed by atoms with van der Waals surface area (Å²) in [5, 5.41) is 18.4. The minimum absolute atomic E-state index is 0.0578. The average molecular weight is 648 g/mol. The van der Waals surface area contributed by atoms with Crippen molar-refractivity contribution < 1.29 is 52.7 Å². The van der Waals surface area contributed by atoms with Gasteiger partial charge in [-0.15, -0.1) is 22.7 Å². The van der Waals surface area contributed by atoms with Crippen molar-refractivity contribution in [2.45, 2.75) is 33.1 Å². The molecule has 0 fully saturated rings. The molecule has 0 unspecified atom stereocenters. The maximum atomic E-state index is 15.5. The number of ketones is 2.